The maximum Gasteiger partial charge on any atom is 0.0375 e. The average Bonchev–Trinajstić information content (AvgIpc) is 2.23. The van der Waals surface area contributed by atoms with Gasteiger partial charge in [0, 0.05) is 12.2 Å². The summed E-state index contributed by atoms with van der Waals surface area (Å²) >= 11 is 0. The Balaban J connectivity index is 1.85. The Morgan fingerprint density at radius 3 is 2.93 bits per heavy atom. The summed E-state index contributed by atoms with van der Waals surface area (Å²) in [7, 11) is 0. The lowest BCUT2D eigenvalue weighted by atomic mass is 9.79. The van der Waals surface area contributed by atoms with Crippen LogP contribution in [0.5, 0.6) is 0 Å². The van der Waals surface area contributed by atoms with E-state index >= 15 is 0 Å². The summed E-state index contributed by atoms with van der Waals surface area (Å²) in [5, 5.41) is 3.51. The number of benzene rings is 1. The zero-order valence-electron chi connectivity index (χ0n) is 9.26. The fraction of sp³-hybridized carbons (Fsp3) is 0.571. The average molecular weight is 201 g/mol. The Hall–Kier alpha value is -0.980. The van der Waals surface area contributed by atoms with Gasteiger partial charge in [-0.05, 0) is 42.4 Å². The smallest absolute Gasteiger partial charge is 0.0375 e. The molecular weight excluding hydrogens is 182 g/mol. The van der Waals surface area contributed by atoms with E-state index in [0.29, 0.717) is 0 Å². The van der Waals surface area contributed by atoms with Crippen LogP contribution in [0, 0.1) is 5.92 Å². The molecule has 2 aliphatic rings. The van der Waals surface area contributed by atoms with Gasteiger partial charge in [0.05, 0.1) is 0 Å². The molecule has 0 unspecified atom stereocenters. The van der Waals surface area contributed by atoms with Crippen LogP contribution < -0.4 is 5.32 Å². The molecule has 1 nitrogen and oxygen atoms in total. The highest BCUT2D eigenvalue weighted by atomic mass is 14.9. The molecule has 1 aliphatic heterocycles. The maximum absolute atomic E-state index is 3.51. The Morgan fingerprint density at radius 2 is 2.13 bits per heavy atom. The van der Waals surface area contributed by atoms with Gasteiger partial charge in [0.1, 0.15) is 0 Å². The van der Waals surface area contributed by atoms with Crippen molar-refractivity contribution < 1.29 is 0 Å². The minimum absolute atomic E-state index is 0.985. The topological polar surface area (TPSA) is 12.0 Å². The summed E-state index contributed by atoms with van der Waals surface area (Å²) in [6.07, 6.45) is 8.27. The normalized spacial score (nSPS) is 20.3. The van der Waals surface area contributed by atoms with E-state index in [4.69, 9.17) is 0 Å². The minimum Gasteiger partial charge on any atom is -0.385 e. The molecule has 1 fully saturated rings. The van der Waals surface area contributed by atoms with Crippen molar-refractivity contribution in [3.05, 3.63) is 29.3 Å². The molecule has 80 valence electrons. The largest absolute Gasteiger partial charge is 0.385 e. The second-order valence-corrected chi connectivity index (χ2v) is 4.97. The number of fused-ring (bicyclic) bond motifs is 1. The molecule has 1 heterocycles. The lowest BCUT2D eigenvalue weighted by Gasteiger charge is -2.28. The summed E-state index contributed by atoms with van der Waals surface area (Å²) in [5.41, 5.74) is 4.62. The van der Waals surface area contributed by atoms with E-state index in [1.54, 1.807) is 11.1 Å². The van der Waals surface area contributed by atoms with E-state index in [1.807, 2.05) is 0 Å². The van der Waals surface area contributed by atoms with Crippen molar-refractivity contribution in [2.75, 3.05) is 11.9 Å². The van der Waals surface area contributed by atoms with Crippen molar-refractivity contribution in [1.29, 1.82) is 0 Å². The van der Waals surface area contributed by atoms with Crippen LogP contribution in [-0.4, -0.2) is 6.54 Å². The van der Waals surface area contributed by atoms with Gasteiger partial charge in [-0.3, -0.25) is 0 Å². The molecule has 1 aliphatic carbocycles. The Bertz CT molecular complexity index is 352. The van der Waals surface area contributed by atoms with Gasteiger partial charge in [0.15, 0.2) is 0 Å². The van der Waals surface area contributed by atoms with E-state index in [1.165, 1.54) is 44.2 Å². The van der Waals surface area contributed by atoms with Crippen LogP contribution in [0.15, 0.2) is 18.2 Å². The first kappa shape index (κ1) is 9.26. The van der Waals surface area contributed by atoms with Gasteiger partial charge in [0.25, 0.3) is 0 Å². The highest BCUT2D eigenvalue weighted by molar-refractivity contribution is 5.56. The van der Waals surface area contributed by atoms with E-state index in [0.717, 1.165) is 12.5 Å². The number of anilines is 1. The lowest BCUT2D eigenvalue weighted by Crippen LogP contribution is -2.18. The number of hydrogen-bond acceptors (Lipinski definition) is 1. The van der Waals surface area contributed by atoms with Crippen LogP contribution in [0.25, 0.3) is 0 Å². The van der Waals surface area contributed by atoms with Crippen molar-refractivity contribution in [2.24, 2.45) is 5.92 Å². The van der Waals surface area contributed by atoms with E-state index in [9.17, 15) is 0 Å². The van der Waals surface area contributed by atoms with Gasteiger partial charge in [-0.2, -0.15) is 0 Å². The molecule has 1 aromatic rings. The molecule has 1 N–H and O–H groups in total. The lowest BCUT2D eigenvalue weighted by molar-refractivity contribution is 0.314. The molecular formula is C14H19N. The standard InChI is InChI=1S/C14H19N/c1-4-11(5-1)10-12-6-2-8-14-13(12)7-3-9-15-14/h2,6,8,11,15H,1,3-5,7,9-10H2. The van der Waals surface area contributed by atoms with Gasteiger partial charge < -0.3 is 5.32 Å². The van der Waals surface area contributed by atoms with Crippen molar-refractivity contribution in [1.82, 2.24) is 0 Å². The molecule has 0 amide bonds. The highest BCUT2D eigenvalue weighted by Gasteiger charge is 2.20. The van der Waals surface area contributed by atoms with E-state index < -0.39 is 0 Å². The fourth-order valence-corrected chi connectivity index (χ4v) is 2.78. The summed E-state index contributed by atoms with van der Waals surface area (Å²) < 4.78 is 0. The first-order chi connectivity index (χ1) is 7.43. The van der Waals surface area contributed by atoms with Gasteiger partial charge in [-0.25, -0.2) is 0 Å². The Labute approximate surface area is 91.9 Å². The van der Waals surface area contributed by atoms with Gasteiger partial charge in [0.2, 0.25) is 0 Å². The van der Waals surface area contributed by atoms with Crippen LogP contribution >= 0.6 is 0 Å². The highest BCUT2D eigenvalue weighted by Crippen LogP contribution is 2.33. The monoisotopic (exact) mass is 201 g/mol. The van der Waals surface area contributed by atoms with Crippen LogP contribution in [0.4, 0.5) is 5.69 Å². The summed E-state index contributed by atoms with van der Waals surface area (Å²) in [6.45, 7) is 1.15. The first-order valence-corrected chi connectivity index (χ1v) is 6.28. The summed E-state index contributed by atoms with van der Waals surface area (Å²) in [4.78, 5) is 0. The Morgan fingerprint density at radius 1 is 1.20 bits per heavy atom. The fourth-order valence-electron chi connectivity index (χ4n) is 2.78. The summed E-state index contributed by atoms with van der Waals surface area (Å²) in [6, 6.07) is 6.79. The quantitative estimate of drug-likeness (QED) is 0.773. The first-order valence-electron chi connectivity index (χ1n) is 6.28. The molecule has 0 aromatic heterocycles. The predicted octanol–water partition coefficient (Wildman–Crippen LogP) is 3.39. The third kappa shape index (κ3) is 1.75. The van der Waals surface area contributed by atoms with Crippen molar-refractivity contribution in [3.8, 4) is 0 Å². The molecule has 0 spiro atoms. The molecule has 0 bridgehead atoms. The minimum atomic E-state index is 0.985. The summed E-state index contributed by atoms with van der Waals surface area (Å²) in [5.74, 6) is 0.985. The van der Waals surface area contributed by atoms with Crippen LogP contribution in [-0.2, 0) is 12.8 Å². The molecule has 1 aromatic carbocycles. The van der Waals surface area contributed by atoms with Gasteiger partial charge in [-0.1, -0.05) is 31.4 Å². The molecule has 3 rings (SSSR count). The molecule has 0 radical (unpaired) electrons. The number of rotatable bonds is 2. The van der Waals surface area contributed by atoms with Crippen LogP contribution in [0.3, 0.4) is 0 Å². The zero-order chi connectivity index (χ0) is 10.1. The number of nitrogens with one attached hydrogen (secondary N) is 1. The van der Waals surface area contributed by atoms with Gasteiger partial charge >= 0.3 is 0 Å². The Kier molecular flexibility index (Phi) is 2.40. The van der Waals surface area contributed by atoms with Crippen molar-refractivity contribution >= 4 is 5.69 Å². The zero-order valence-corrected chi connectivity index (χ0v) is 9.26. The van der Waals surface area contributed by atoms with Gasteiger partial charge in [-0.15, -0.1) is 0 Å². The van der Waals surface area contributed by atoms with Crippen LogP contribution in [0.1, 0.15) is 36.8 Å². The van der Waals surface area contributed by atoms with Crippen molar-refractivity contribution in [2.45, 2.75) is 38.5 Å². The van der Waals surface area contributed by atoms with Crippen LogP contribution in [0.2, 0.25) is 0 Å². The van der Waals surface area contributed by atoms with E-state index in [2.05, 4.69) is 23.5 Å². The maximum atomic E-state index is 3.51. The third-order valence-corrected chi connectivity index (χ3v) is 3.93. The SMILES string of the molecule is c1cc(CC2CCC2)c2c(c1)NCCC2. The van der Waals surface area contributed by atoms with Crippen molar-refractivity contribution in [3.63, 3.8) is 0 Å². The molecule has 1 saturated carbocycles. The third-order valence-electron chi connectivity index (χ3n) is 3.93. The number of hydrogen-bond donors (Lipinski definition) is 1. The predicted molar refractivity (Wildman–Crippen MR) is 64.3 cm³/mol. The molecule has 0 saturated heterocycles. The van der Waals surface area contributed by atoms with E-state index in [-0.39, 0.29) is 0 Å². The second-order valence-electron chi connectivity index (χ2n) is 4.97. The second kappa shape index (κ2) is 3.88. The molecule has 1 heteroatoms. The molecule has 15 heavy (non-hydrogen) atoms. The molecule has 0 atom stereocenters.